The minimum atomic E-state index is -0.102. The first-order chi connectivity index (χ1) is 9.74. The minimum Gasteiger partial charge on any atom is -0.347 e. The van der Waals surface area contributed by atoms with E-state index in [2.05, 4.69) is 25.6 Å². The summed E-state index contributed by atoms with van der Waals surface area (Å²) in [5, 5.41) is 13.4. The number of hydrogen-bond donors (Lipinski definition) is 2. The van der Waals surface area contributed by atoms with Gasteiger partial charge >= 0.3 is 0 Å². The van der Waals surface area contributed by atoms with Crippen molar-refractivity contribution in [1.29, 1.82) is 0 Å². The van der Waals surface area contributed by atoms with Gasteiger partial charge < -0.3 is 5.32 Å². The van der Waals surface area contributed by atoms with Crippen molar-refractivity contribution < 1.29 is 4.79 Å². The van der Waals surface area contributed by atoms with E-state index in [0.717, 1.165) is 19.0 Å². The van der Waals surface area contributed by atoms with Crippen LogP contribution in [0.25, 0.3) is 0 Å². The highest BCUT2D eigenvalue weighted by atomic mass is 16.2. The van der Waals surface area contributed by atoms with Gasteiger partial charge in [0.25, 0.3) is 5.91 Å². The van der Waals surface area contributed by atoms with Gasteiger partial charge in [-0.25, -0.2) is 0 Å². The molecule has 1 aliphatic carbocycles. The number of piperidine rings is 1. The molecule has 1 saturated carbocycles. The van der Waals surface area contributed by atoms with E-state index in [9.17, 15) is 4.79 Å². The Morgan fingerprint density at radius 2 is 2.05 bits per heavy atom. The van der Waals surface area contributed by atoms with Crippen molar-refractivity contribution in [2.75, 3.05) is 13.1 Å². The van der Waals surface area contributed by atoms with Gasteiger partial charge in [0.05, 0.1) is 5.69 Å². The van der Waals surface area contributed by atoms with Crippen molar-refractivity contribution in [2.24, 2.45) is 0 Å². The first kappa shape index (κ1) is 13.5. The molecule has 2 heterocycles. The second-order valence-electron chi connectivity index (χ2n) is 6.00. The molecule has 1 saturated heterocycles. The molecule has 1 aliphatic heterocycles. The van der Waals surface area contributed by atoms with Crippen molar-refractivity contribution in [1.82, 2.24) is 25.6 Å². The number of H-pyrrole nitrogens is 1. The second kappa shape index (κ2) is 5.91. The smallest absolute Gasteiger partial charge is 0.274 e. The molecule has 1 amide bonds. The largest absolute Gasteiger partial charge is 0.347 e. The predicted molar refractivity (Wildman–Crippen MR) is 75.4 cm³/mol. The number of likely N-dealkylation sites (tertiary alicyclic amines) is 1. The van der Waals surface area contributed by atoms with Crippen molar-refractivity contribution in [2.45, 2.75) is 57.5 Å². The average Bonchev–Trinajstić information content (AvgIpc) is 3.09. The first-order valence-corrected chi connectivity index (χ1v) is 7.66. The summed E-state index contributed by atoms with van der Waals surface area (Å²) in [5.74, 6) is -0.102. The molecule has 2 fully saturated rings. The van der Waals surface area contributed by atoms with Crippen LogP contribution in [-0.4, -0.2) is 51.4 Å². The number of amides is 1. The lowest BCUT2D eigenvalue weighted by molar-refractivity contribution is 0.0869. The van der Waals surface area contributed by atoms with Gasteiger partial charge in [-0.3, -0.25) is 9.69 Å². The van der Waals surface area contributed by atoms with Crippen molar-refractivity contribution in [3.8, 4) is 0 Å². The zero-order chi connectivity index (χ0) is 13.9. The van der Waals surface area contributed by atoms with Crippen LogP contribution < -0.4 is 5.32 Å². The fourth-order valence-electron chi connectivity index (χ4n) is 3.48. The Kier molecular flexibility index (Phi) is 4.00. The Morgan fingerprint density at radius 1 is 1.25 bits per heavy atom. The highest BCUT2D eigenvalue weighted by Crippen LogP contribution is 2.26. The van der Waals surface area contributed by atoms with Crippen LogP contribution in [0, 0.1) is 6.92 Å². The summed E-state index contributed by atoms with van der Waals surface area (Å²) in [6.45, 7) is 3.96. The van der Waals surface area contributed by atoms with E-state index in [4.69, 9.17) is 0 Å². The van der Waals surface area contributed by atoms with E-state index >= 15 is 0 Å². The van der Waals surface area contributed by atoms with E-state index in [1.54, 1.807) is 6.92 Å². The van der Waals surface area contributed by atoms with Gasteiger partial charge in [-0.05, 0) is 39.2 Å². The normalized spacial score (nSPS) is 24.9. The summed E-state index contributed by atoms with van der Waals surface area (Å²) >= 11 is 0. The predicted octanol–water partition coefficient (Wildman–Crippen LogP) is 1.25. The molecule has 110 valence electrons. The monoisotopic (exact) mass is 277 g/mol. The van der Waals surface area contributed by atoms with Crippen molar-refractivity contribution >= 4 is 5.91 Å². The zero-order valence-corrected chi connectivity index (χ0v) is 12.1. The highest BCUT2D eigenvalue weighted by molar-refractivity contribution is 5.93. The Bertz CT molecular complexity index is 466. The van der Waals surface area contributed by atoms with Crippen LogP contribution >= 0.6 is 0 Å². The number of nitrogens with one attached hydrogen (secondary N) is 2. The SMILES string of the molecule is Cc1n[nH]nc1C(=O)NC1CCCN(C2CCCC2)C1. The summed E-state index contributed by atoms with van der Waals surface area (Å²) in [4.78, 5) is 14.7. The van der Waals surface area contributed by atoms with Crippen LogP contribution in [0.5, 0.6) is 0 Å². The van der Waals surface area contributed by atoms with Gasteiger partial charge in [0.1, 0.15) is 0 Å². The fourth-order valence-corrected chi connectivity index (χ4v) is 3.48. The molecule has 1 atom stereocenters. The number of nitrogens with zero attached hydrogens (tertiary/aromatic N) is 3. The van der Waals surface area contributed by atoms with E-state index in [1.807, 2.05) is 0 Å². The van der Waals surface area contributed by atoms with E-state index in [-0.39, 0.29) is 11.9 Å². The third-order valence-electron chi connectivity index (χ3n) is 4.57. The Hall–Kier alpha value is -1.43. The quantitative estimate of drug-likeness (QED) is 0.872. The molecule has 1 aromatic heterocycles. The average molecular weight is 277 g/mol. The summed E-state index contributed by atoms with van der Waals surface area (Å²) in [6.07, 6.45) is 7.59. The van der Waals surface area contributed by atoms with Gasteiger partial charge in [-0.15, -0.1) is 0 Å². The van der Waals surface area contributed by atoms with Gasteiger partial charge in [-0.1, -0.05) is 12.8 Å². The van der Waals surface area contributed by atoms with E-state index in [1.165, 1.54) is 38.6 Å². The number of aromatic nitrogens is 3. The third-order valence-corrected chi connectivity index (χ3v) is 4.57. The van der Waals surface area contributed by atoms with Crippen LogP contribution in [0.4, 0.5) is 0 Å². The van der Waals surface area contributed by atoms with Gasteiger partial charge in [0.15, 0.2) is 5.69 Å². The number of carbonyl (C=O) groups excluding carboxylic acids is 1. The number of aromatic amines is 1. The molecule has 0 aromatic carbocycles. The molecule has 0 spiro atoms. The van der Waals surface area contributed by atoms with Crippen LogP contribution in [-0.2, 0) is 0 Å². The molecule has 2 aliphatic rings. The van der Waals surface area contributed by atoms with Gasteiger partial charge in [0, 0.05) is 18.6 Å². The van der Waals surface area contributed by atoms with Crippen molar-refractivity contribution in [3.05, 3.63) is 11.4 Å². The lowest BCUT2D eigenvalue weighted by Gasteiger charge is -2.37. The third kappa shape index (κ3) is 2.85. The Morgan fingerprint density at radius 3 is 2.75 bits per heavy atom. The molecule has 6 nitrogen and oxygen atoms in total. The molecule has 6 heteroatoms. The molecule has 1 aromatic rings. The highest BCUT2D eigenvalue weighted by Gasteiger charge is 2.29. The maximum Gasteiger partial charge on any atom is 0.274 e. The second-order valence-corrected chi connectivity index (χ2v) is 6.00. The number of rotatable bonds is 3. The molecule has 3 rings (SSSR count). The first-order valence-electron chi connectivity index (χ1n) is 7.66. The molecule has 2 N–H and O–H groups in total. The summed E-state index contributed by atoms with van der Waals surface area (Å²) < 4.78 is 0. The fraction of sp³-hybridized carbons (Fsp3) is 0.786. The standard InChI is InChI=1S/C14H23N5O/c1-10-13(17-18-16-10)14(20)15-11-5-4-8-19(9-11)12-6-2-3-7-12/h11-12H,2-9H2,1H3,(H,15,20)(H,16,17,18). The Labute approximate surface area is 119 Å². The molecular weight excluding hydrogens is 254 g/mol. The number of hydrogen-bond acceptors (Lipinski definition) is 4. The number of aryl methyl sites for hydroxylation is 1. The van der Waals surface area contributed by atoms with Crippen LogP contribution in [0.1, 0.15) is 54.7 Å². The van der Waals surface area contributed by atoms with Gasteiger partial charge in [-0.2, -0.15) is 15.4 Å². The minimum absolute atomic E-state index is 0.102. The van der Waals surface area contributed by atoms with Crippen LogP contribution in [0.2, 0.25) is 0 Å². The topological polar surface area (TPSA) is 73.9 Å². The molecule has 1 unspecified atom stereocenters. The maximum absolute atomic E-state index is 12.2. The summed E-state index contributed by atoms with van der Waals surface area (Å²) in [6, 6.07) is 0.983. The van der Waals surface area contributed by atoms with E-state index in [0.29, 0.717) is 11.4 Å². The zero-order valence-electron chi connectivity index (χ0n) is 12.1. The summed E-state index contributed by atoms with van der Waals surface area (Å²) in [7, 11) is 0. The van der Waals surface area contributed by atoms with Crippen LogP contribution in [0.15, 0.2) is 0 Å². The molecule has 0 bridgehead atoms. The maximum atomic E-state index is 12.2. The molecule has 0 radical (unpaired) electrons. The Balaban J connectivity index is 1.57. The van der Waals surface area contributed by atoms with Crippen LogP contribution in [0.3, 0.4) is 0 Å². The lowest BCUT2D eigenvalue weighted by Crippen LogP contribution is -2.50. The van der Waals surface area contributed by atoms with Gasteiger partial charge in [0.2, 0.25) is 0 Å². The number of carbonyl (C=O) groups is 1. The lowest BCUT2D eigenvalue weighted by atomic mass is 10.0. The van der Waals surface area contributed by atoms with Crippen molar-refractivity contribution in [3.63, 3.8) is 0 Å². The molecular formula is C14H23N5O. The summed E-state index contributed by atoms with van der Waals surface area (Å²) in [5.41, 5.74) is 1.08. The van der Waals surface area contributed by atoms with E-state index < -0.39 is 0 Å². The molecule has 20 heavy (non-hydrogen) atoms.